The molecule has 0 bridgehead atoms. The van der Waals surface area contributed by atoms with Gasteiger partial charge in [0.25, 0.3) is 0 Å². The Morgan fingerprint density at radius 2 is 1.79 bits per heavy atom. The molecule has 0 spiro atoms. The number of rotatable bonds is 7. The van der Waals surface area contributed by atoms with Crippen molar-refractivity contribution in [3.05, 3.63) is 95.6 Å². The van der Waals surface area contributed by atoms with E-state index in [1.54, 1.807) is 7.11 Å². The first-order valence-electron chi connectivity index (χ1n) is 9.83. The van der Waals surface area contributed by atoms with Crippen molar-refractivity contribution in [2.75, 3.05) is 20.3 Å². The highest BCUT2D eigenvalue weighted by Crippen LogP contribution is 2.31. The van der Waals surface area contributed by atoms with Crippen LogP contribution in [0.1, 0.15) is 22.7 Å². The Labute approximate surface area is 170 Å². The Hall–Kier alpha value is -2.76. The van der Waals surface area contributed by atoms with E-state index in [4.69, 9.17) is 9.47 Å². The van der Waals surface area contributed by atoms with Gasteiger partial charge in [-0.3, -0.25) is 9.88 Å². The number of pyridine rings is 1. The molecule has 2 atom stereocenters. The van der Waals surface area contributed by atoms with Crippen molar-refractivity contribution in [1.82, 2.24) is 9.88 Å². The van der Waals surface area contributed by atoms with Crippen LogP contribution in [0.4, 0.5) is 4.39 Å². The molecule has 0 aliphatic carbocycles. The molecule has 1 aromatic heterocycles. The number of hydrogen-bond donors (Lipinski definition) is 0. The zero-order valence-electron chi connectivity index (χ0n) is 16.5. The summed E-state index contributed by atoms with van der Waals surface area (Å²) < 4.78 is 24.6. The fraction of sp³-hybridized carbons (Fsp3) is 0.292. The number of benzene rings is 2. The summed E-state index contributed by atoms with van der Waals surface area (Å²) in [5.41, 5.74) is 3.33. The van der Waals surface area contributed by atoms with E-state index in [9.17, 15) is 4.39 Å². The van der Waals surface area contributed by atoms with Crippen molar-refractivity contribution in [1.29, 1.82) is 0 Å². The molecule has 150 valence electrons. The highest BCUT2D eigenvalue weighted by atomic mass is 19.1. The van der Waals surface area contributed by atoms with E-state index in [2.05, 4.69) is 22.0 Å². The minimum Gasteiger partial charge on any atom is -0.497 e. The third-order valence-electron chi connectivity index (χ3n) is 5.45. The average Bonchev–Trinajstić information content (AvgIpc) is 3.25. The Morgan fingerprint density at radius 3 is 2.48 bits per heavy atom. The summed E-state index contributed by atoms with van der Waals surface area (Å²) in [5, 5.41) is 0. The number of methoxy groups -OCH3 is 1. The minimum absolute atomic E-state index is 0.185. The van der Waals surface area contributed by atoms with Crippen LogP contribution >= 0.6 is 0 Å². The maximum Gasteiger partial charge on any atom is 0.123 e. The lowest BCUT2D eigenvalue weighted by molar-refractivity contribution is 0.131. The molecule has 4 nitrogen and oxygen atoms in total. The lowest BCUT2D eigenvalue weighted by Crippen LogP contribution is -2.38. The molecule has 3 aromatic rings. The number of ether oxygens (including phenoxy) is 2. The van der Waals surface area contributed by atoms with Gasteiger partial charge in [-0.05, 0) is 47.5 Å². The van der Waals surface area contributed by atoms with E-state index in [0.29, 0.717) is 13.2 Å². The van der Waals surface area contributed by atoms with Gasteiger partial charge in [0.2, 0.25) is 0 Å². The zero-order chi connectivity index (χ0) is 20.1. The van der Waals surface area contributed by atoms with Crippen LogP contribution in [0.3, 0.4) is 0 Å². The summed E-state index contributed by atoms with van der Waals surface area (Å²) in [6.07, 6.45) is 1.82. The second-order valence-corrected chi connectivity index (χ2v) is 7.34. The summed E-state index contributed by atoms with van der Waals surface area (Å²) >= 11 is 0. The van der Waals surface area contributed by atoms with Gasteiger partial charge in [0.05, 0.1) is 26.0 Å². The average molecular weight is 392 g/mol. The van der Waals surface area contributed by atoms with Gasteiger partial charge in [-0.2, -0.15) is 0 Å². The normalized spacial score (nSPS) is 18.9. The van der Waals surface area contributed by atoms with Crippen LogP contribution in [-0.4, -0.2) is 36.2 Å². The second-order valence-electron chi connectivity index (χ2n) is 7.34. The fourth-order valence-electron chi connectivity index (χ4n) is 3.89. The Bertz CT molecular complexity index is 900. The van der Waals surface area contributed by atoms with E-state index in [1.165, 1.54) is 17.7 Å². The molecule has 0 radical (unpaired) electrons. The highest BCUT2D eigenvalue weighted by Gasteiger charge is 2.34. The molecule has 2 aromatic carbocycles. The molecule has 1 aliphatic heterocycles. The number of nitrogens with zero attached hydrogens (tertiary/aromatic N) is 2. The molecular weight excluding hydrogens is 367 g/mol. The molecule has 29 heavy (non-hydrogen) atoms. The molecule has 2 heterocycles. The fourth-order valence-corrected chi connectivity index (χ4v) is 3.89. The van der Waals surface area contributed by atoms with E-state index in [-0.39, 0.29) is 17.8 Å². The van der Waals surface area contributed by atoms with Gasteiger partial charge in [0.15, 0.2) is 0 Å². The molecule has 1 aliphatic rings. The van der Waals surface area contributed by atoms with Crippen molar-refractivity contribution in [2.45, 2.75) is 25.0 Å². The number of hydrogen-bond acceptors (Lipinski definition) is 4. The van der Waals surface area contributed by atoms with Crippen LogP contribution < -0.4 is 4.74 Å². The summed E-state index contributed by atoms with van der Waals surface area (Å²) in [7, 11) is 1.67. The SMILES string of the molecule is COc1ccc(CN(Cc2ccccn2)[C@@H]2COC[C@H]2c2ccc(F)cc2)cc1. The maximum atomic E-state index is 13.4. The smallest absolute Gasteiger partial charge is 0.123 e. The predicted octanol–water partition coefficient (Wildman–Crippen LogP) is 4.41. The molecule has 1 saturated heterocycles. The van der Waals surface area contributed by atoms with Crippen LogP contribution in [0, 0.1) is 5.82 Å². The largest absolute Gasteiger partial charge is 0.497 e. The van der Waals surface area contributed by atoms with Crippen LogP contribution in [0.2, 0.25) is 0 Å². The van der Waals surface area contributed by atoms with E-state index >= 15 is 0 Å². The summed E-state index contributed by atoms with van der Waals surface area (Å²) in [4.78, 5) is 6.92. The van der Waals surface area contributed by atoms with Gasteiger partial charge in [0.1, 0.15) is 11.6 Å². The van der Waals surface area contributed by atoms with E-state index < -0.39 is 0 Å². The molecule has 0 N–H and O–H groups in total. The van der Waals surface area contributed by atoms with Gasteiger partial charge in [-0.25, -0.2) is 4.39 Å². The molecular formula is C24H25FN2O2. The third kappa shape index (κ3) is 4.81. The maximum absolute atomic E-state index is 13.4. The third-order valence-corrected chi connectivity index (χ3v) is 5.45. The number of halogens is 1. The molecule has 4 rings (SSSR count). The summed E-state index contributed by atoms with van der Waals surface area (Å²) in [6.45, 7) is 2.77. The van der Waals surface area contributed by atoms with Gasteiger partial charge in [0, 0.05) is 31.2 Å². The van der Waals surface area contributed by atoms with E-state index in [0.717, 1.165) is 30.1 Å². The lowest BCUT2D eigenvalue weighted by atomic mass is 9.92. The molecule has 5 heteroatoms. The summed E-state index contributed by atoms with van der Waals surface area (Å²) in [6, 6.07) is 21.1. The van der Waals surface area contributed by atoms with Gasteiger partial charge in [-0.15, -0.1) is 0 Å². The summed E-state index contributed by atoms with van der Waals surface area (Å²) in [5.74, 6) is 0.823. The van der Waals surface area contributed by atoms with Crippen molar-refractivity contribution in [3.63, 3.8) is 0 Å². The van der Waals surface area contributed by atoms with Crippen LogP contribution in [0.5, 0.6) is 5.75 Å². The van der Waals surface area contributed by atoms with Gasteiger partial charge < -0.3 is 9.47 Å². The molecule has 0 amide bonds. The van der Waals surface area contributed by atoms with Crippen molar-refractivity contribution < 1.29 is 13.9 Å². The van der Waals surface area contributed by atoms with Crippen LogP contribution in [0.25, 0.3) is 0 Å². The topological polar surface area (TPSA) is 34.6 Å². The Morgan fingerprint density at radius 1 is 1.00 bits per heavy atom. The van der Waals surface area contributed by atoms with Crippen molar-refractivity contribution >= 4 is 0 Å². The quantitative estimate of drug-likeness (QED) is 0.596. The van der Waals surface area contributed by atoms with Crippen LogP contribution in [-0.2, 0) is 17.8 Å². The Kier molecular flexibility index (Phi) is 6.17. The molecule has 0 unspecified atom stereocenters. The highest BCUT2D eigenvalue weighted by molar-refractivity contribution is 5.28. The predicted molar refractivity (Wildman–Crippen MR) is 110 cm³/mol. The van der Waals surface area contributed by atoms with Crippen molar-refractivity contribution in [2.24, 2.45) is 0 Å². The lowest BCUT2D eigenvalue weighted by Gasteiger charge is -2.32. The second kappa shape index (κ2) is 9.16. The van der Waals surface area contributed by atoms with Gasteiger partial charge in [-0.1, -0.05) is 30.3 Å². The standard InChI is InChI=1S/C24H25FN2O2/c1-28-22-11-5-18(6-12-22)14-27(15-21-4-2-3-13-26-21)24-17-29-16-23(24)19-7-9-20(25)10-8-19/h2-13,23-24H,14-17H2,1H3/t23-,24+/m0/s1. The number of aromatic nitrogens is 1. The monoisotopic (exact) mass is 392 g/mol. The first kappa shape index (κ1) is 19.6. The first-order valence-corrected chi connectivity index (χ1v) is 9.83. The van der Waals surface area contributed by atoms with Gasteiger partial charge >= 0.3 is 0 Å². The minimum atomic E-state index is -0.215. The molecule has 0 saturated carbocycles. The zero-order valence-corrected chi connectivity index (χ0v) is 16.5. The molecule has 1 fully saturated rings. The van der Waals surface area contributed by atoms with E-state index in [1.807, 2.05) is 48.7 Å². The van der Waals surface area contributed by atoms with Crippen molar-refractivity contribution in [3.8, 4) is 5.75 Å². The Balaban J connectivity index is 1.60. The first-order chi connectivity index (χ1) is 14.2. The van der Waals surface area contributed by atoms with Crippen LogP contribution in [0.15, 0.2) is 72.9 Å².